The first-order chi connectivity index (χ1) is 19.6. The van der Waals surface area contributed by atoms with Gasteiger partial charge < -0.3 is 14.1 Å². The van der Waals surface area contributed by atoms with Crippen molar-refractivity contribution < 1.29 is 13.5 Å². The van der Waals surface area contributed by atoms with Crippen molar-refractivity contribution in [3.8, 4) is 5.75 Å². The van der Waals surface area contributed by atoms with Gasteiger partial charge in [0.15, 0.2) is 5.82 Å². The molecule has 0 saturated heterocycles. The molecule has 0 radical (unpaired) electrons. The first-order valence-electron chi connectivity index (χ1n) is 13.7. The number of ether oxygens (including phenoxy) is 1. The molecule has 3 aromatic heterocycles. The molecule has 0 spiro atoms. The third kappa shape index (κ3) is 5.40. The maximum Gasteiger partial charge on any atom is 0.253 e. The number of hydrogen-bond acceptors (Lipinski definition) is 7. The summed E-state index contributed by atoms with van der Waals surface area (Å²) in [5, 5.41) is 13.8. The van der Waals surface area contributed by atoms with Crippen LogP contribution in [0.5, 0.6) is 5.75 Å². The van der Waals surface area contributed by atoms with Crippen molar-refractivity contribution in [3.05, 3.63) is 106 Å². The maximum absolute atomic E-state index is 13.8. The molecule has 5 aromatic rings. The Morgan fingerprint density at radius 1 is 1.12 bits per heavy atom. The van der Waals surface area contributed by atoms with Gasteiger partial charge >= 0.3 is 0 Å². The van der Waals surface area contributed by atoms with E-state index < -0.39 is 6.04 Å². The van der Waals surface area contributed by atoms with Gasteiger partial charge in [-0.05, 0) is 84.3 Å². The molecule has 10 heteroatoms. The van der Waals surface area contributed by atoms with Crippen LogP contribution in [-0.2, 0) is 13.1 Å². The van der Waals surface area contributed by atoms with Gasteiger partial charge in [0.1, 0.15) is 23.4 Å². The van der Waals surface area contributed by atoms with Crippen molar-refractivity contribution in [2.75, 3.05) is 6.61 Å². The molecule has 40 heavy (non-hydrogen) atoms. The van der Waals surface area contributed by atoms with E-state index in [0.29, 0.717) is 36.6 Å². The molecule has 0 bridgehead atoms. The minimum absolute atomic E-state index is 0.160. The van der Waals surface area contributed by atoms with Gasteiger partial charge in [-0.2, -0.15) is 0 Å². The van der Waals surface area contributed by atoms with Crippen molar-refractivity contribution in [2.45, 2.75) is 57.8 Å². The van der Waals surface area contributed by atoms with Gasteiger partial charge in [0, 0.05) is 23.0 Å². The van der Waals surface area contributed by atoms with E-state index in [1.807, 2.05) is 48.0 Å². The molecule has 2 aromatic carbocycles. The average Bonchev–Trinajstić information content (AvgIpc) is 3.74. The molecule has 1 atom stereocenters. The summed E-state index contributed by atoms with van der Waals surface area (Å²) in [4.78, 5) is 18.9. The molecule has 206 valence electrons. The van der Waals surface area contributed by atoms with Gasteiger partial charge in [0.05, 0.1) is 25.5 Å². The fourth-order valence-corrected chi connectivity index (χ4v) is 5.62. The van der Waals surface area contributed by atoms with Crippen LogP contribution < -0.4 is 10.3 Å². The van der Waals surface area contributed by atoms with E-state index >= 15 is 0 Å². The van der Waals surface area contributed by atoms with Crippen LogP contribution in [0.2, 0.25) is 0 Å². The summed E-state index contributed by atoms with van der Waals surface area (Å²) >= 11 is 0. The molecule has 1 saturated carbocycles. The van der Waals surface area contributed by atoms with E-state index in [-0.39, 0.29) is 17.4 Å². The van der Waals surface area contributed by atoms with Gasteiger partial charge in [-0.15, -0.1) is 5.10 Å². The van der Waals surface area contributed by atoms with Crippen molar-refractivity contribution in [1.29, 1.82) is 0 Å². The van der Waals surface area contributed by atoms with Crippen molar-refractivity contribution in [2.24, 2.45) is 0 Å². The number of halogens is 1. The Balaban J connectivity index is 1.52. The predicted molar refractivity (Wildman–Crippen MR) is 147 cm³/mol. The summed E-state index contributed by atoms with van der Waals surface area (Å²) < 4.78 is 27.1. The summed E-state index contributed by atoms with van der Waals surface area (Å²) in [7, 11) is 0. The average molecular weight is 543 g/mol. The van der Waals surface area contributed by atoms with Crippen LogP contribution in [0.4, 0.5) is 4.39 Å². The molecular weight excluding hydrogens is 511 g/mol. The number of nitrogens with zero attached hydrogens (tertiary/aromatic N) is 5. The van der Waals surface area contributed by atoms with Crippen LogP contribution in [0.3, 0.4) is 0 Å². The van der Waals surface area contributed by atoms with Crippen LogP contribution in [0, 0.1) is 5.82 Å². The van der Waals surface area contributed by atoms with Crippen molar-refractivity contribution in [1.82, 2.24) is 30.1 Å². The Bertz CT molecular complexity index is 1620. The lowest BCUT2D eigenvalue weighted by Crippen LogP contribution is -2.35. The largest absolute Gasteiger partial charge is 0.494 e. The first-order valence-corrected chi connectivity index (χ1v) is 13.7. The second-order valence-electron chi connectivity index (χ2n) is 10.2. The summed E-state index contributed by atoms with van der Waals surface area (Å²) in [6.45, 7) is 3.25. The molecule has 1 fully saturated rings. The zero-order valence-corrected chi connectivity index (χ0v) is 22.3. The minimum Gasteiger partial charge on any atom is -0.494 e. The Kier molecular flexibility index (Phi) is 7.41. The summed E-state index contributed by atoms with van der Waals surface area (Å²) in [6.07, 6.45) is 5.80. The molecule has 0 aliphatic heterocycles. The summed E-state index contributed by atoms with van der Waals surface area (Å²) in [5.41, 5.74) is 1.87. The van der Waals surface area contributed by atoms with E-state index in [1.54, 1.807) is 18.4 Å². The number of hydrogen-bond donors (Lipinski definition) is 1. The molecule has 0 unspecified atom stereocenters. The molecular formula is C30H31FN6O3. The maximum atomic E-state index is 13.8. The highest BCUT2D eigenvalue weighted by molar-refractivity contribution is 5.80. The van der Waals surface area contributed by atoms with E-state index in [4.69, 9.17) is 9.15 Å². The quantitative estimate of drug-likeness (QED) is 0.247. The Morgan fingerprint density at radius 2 is 1.95 bits per heavy atom. The van der Waals surface area contributed by atoms with Crippen molar-refractivity contribution in [3.63, 3.8) is 0 Å². The summed E-state index contributed by atoms with van der Waals surface area (Å²) in [6, 6.07) is 17.2. The summed E-state index contributed by atoms with van der Waals surface area (Å²) in [5.74, 6) is 1.73. The standard InChI is InChI=1S/C30H31FN6O3/c1-2-39-24-13-14-27-21(16-24)17-26(30(38)32-27)28(29-33-34-35-37(29)23-6-3-4-7-23)36(19-25-8-5-15-40-25)18-20-9-11-22(31)12-10-20/h5,8-17,23,28H,2-4,6-7,18-19H2,1H3,(H,32,38)/t28-/m0/s1. The third-order valence-electron chi connectivity index (χ3n) is 7.49. The Labute approximate surface area is 230 Å². The van der Waals surface area contributed by atoms with E-state index in [2.05, 4.69) is 25.4 Å². The van der Waals surface area contributed by atoms with Gasteiger partial charge in [-0.25, -0.2) is 9.07 Å². The number of rotatable bonds is 10. The smallest absolute Gasteiger partial charge is 0.253 e. The van der Waals surface area contributed by atoms with Crippen LogP contribution in [0.1, 0.15) is 67.4 Å². The normalized spacial score (nSPS) is 14.8. The monoisotopic (exact) mass is 542 g/mol. The molecule has 1 aliphatic rings. The number of furan rings is 1. The lowest BCUT2D eigenvalue weighted by molar-refractivity contribution is 0.176. The Morgan fingerprint density at radius 3 is 2.70 bits per heavy atom. The second kappa shape index (κ2) is 11.4. The Hall–Kier alpha value is -4.31. The predicted octanol–water partition coefficient (Wildman–Crippen LogP) is 5.55. The van der Waals surface area contributed by atoms with E-state index in [0.717, 1.165) is 48.1 Å². The van der Waals surface area contributed by atoms with Crippen LogP contribution in [-0.4, -0.2) is 36.7 Å². The minimum atomic E-state index is -0.616. The number of H-pyrrole nitrogens is 1. The van der Waals surface area contributed by atoms with Gasteiger partial charge in [0.25, 0.3) is 5.56 Å². The molecule has 3 heterocycles. The van der Waals surface area contributed by atoms with E-state index in [9.17, 15) is 9.18 Å². The van der Waals surface area contributed by atoms with E-state index in [1.165, 1.54) is 12.1 Å². The highest BCUT2D eigenvalue weighted by Gasteiger charge is 2.34. The first kappa shape index (κ1) is 25.9. The topological polar surface area (TPSA) is 102 Å². The highest BCUT2D eigenvalue weighted by atomic mass is 19.1. The molecule has 1 aliphatic carbocycles. The van der Waals surface area contributed by atoms with Crippen LogP contribution >= 0.6 is 0 Å². The van der Waals surface area contributed by atoms with Crippen LogP contribution in [0.15, 0.2) is 76.1 Å². The molecule has 6 rings (SSSR count). The zero-order valence-electron chi connectivity index (χ0n) is 22.3. The number of benzene rings is 2. The van der Waals surface area contributed by atoms with Gasteiger partial charge in [-0.1, -0.05) is 25.0 Å². The molecule has 0 amide bonds. The van der Waals surface area contributed by atoms with Gasteiger partial charge in [-0.3, -0.25) is 9.69 Å². The number of pyridine rings is 1. The molecule has 9 nitrogen and oxygen atoms in total. The number of tetrazole rings is 1. The number of aromatic amines is 1. The number of nitrogens with one attached hydrogen (secondary N) is 1. The molecule has 1 N–H and O–H groups in total. The highest BCUT2D eigenvalue weighted by Crippen LogP contribution is 2.35. The SMILES string of the molecule is CCOc1ccc2[nH]c(=O)c([C@@H](c3nnnn3C3CCCC3)N(Cc3ccc(F)cc3)Cc3ccco3)cc2c1. The fourth-order valence-electron chi connectivity index (χ4n) is 5.62. The number of fused-ring (bicyclic) bond motifs is 1. The van der Waals surface area contributed by atoms with Gasteiger partial charge in [0.2, 0.25) is 0 Å². The van der Waals surface area contributed by atoms with Crippen LogP contribution in [0.25, 0.3) is 10.9 Å². The lowest BCUT2D eigenvalue weighted by Gasteiger charge is -2.31. The van der Waals surface area contributed by atoms with Crippen molar-refractivity contribution >= 4 is 10.9 Å². The fraction of sp³-hybridized carbons (Fsp3) is 0.333. The lowest BCUT2D eigenvalue weighted by atomic mass is 10.0. The second-order valence-corrected chi connectivity index (χ2v) is 10.2. The number of aromatic nitrogens is 5. The zero-order chi connectivity index (χ0) is 27.5. The third-order valence-corrected chi connectivity index (χ3v) is 7.49.